The van der Waals surface area contributed by atoms with Gasteiger partial charge in [0.1, 0.15) is 18.1 Å². The zero-order valence-electron chi connectivity index (χ0n) is 19.3. The predicted molar refractivity (Wildman–Crippen MR) is 122 cm³/mol. The molecule has 6 nitrogen and oxygen atoms in total. The SMILES string of the molecule is COc1ccccc1[C@H]1CC(c2ccccc2F)=NN1C(=O)CN(C)C(=O)CC(C)(C)C. The standard InChI is InChI=1S/C25H30FN3O3/c1-25(2,3)15-23(30)28(4)16-24(31)29-21(18-11-7-9-13-22(18)32-5)14-20(27-29)17-10-6-8-12-19(17)26/h6-13,21H,14-16H2,1-5H3/t21-/m1/s1. The van der Waals surface area contributed by atoms with Gasteiger partial charge in [0.25, 0.3) is 5.91 Å². The highest BCUT2D eigenvalue weighted by atomic mass is 19.1. The summed E-state index contributed by atoms with van der Waals surface area (Å²) in [7, 11) is 3.18. The Hall–Kier alpha value is -3.22. The van der Waals surface area contributed by atoms with Gasteiger partial charge in [0.2, 0.25) is 5.91 Å². The number of rotatable bonds is 6. The molecule has 0 spiro atoms. The van der Waals surface area contributed by atoms with Gasteiger partial charge in [0, 0.05) is 31.0 Å². The van der Waals surface area contributed by atoms with Crippen LogP contribution >= 0.6 is 0 Å². The summed E-state index contributed by atoms with van der Waals surface area (Å²) in [6, 6.07) is 13.3. The number of halogens is 1. The molecule has 0 fully saturated rings. The molecule has 1 heterocycles. The monoisotopic (exact) mass is 439 g/mol. The fourth-order valence-corrected chi connectivity index (χ4v) is 3.73. The first-order chi connectivity index (χ1) is 15.1. The van der Waals surface area contributed by atoms with Crippen molar-refractivity contribution >= 4 is 17.5 Å². The lowest BCUT2D eigenvalue weighted by Crippen LogP contribution is -2.40. The summed E-state index contributed by atoms with van der Waals surface area (Å²) in [6.07, 6.45) is 0.670. The molecule has 2 aromatic rings. The number of amides is 2. The Morgan fingerprint density at radius 2 is 1.81 bits per heavy atom. The van der Waals surface area contributed by atoms with Gasteiger partial charge >= 0.3 is 0 Å². The Morgan fingerprint density at radius 1 is 1.16 bits per heavy atom. The molecule has 170 valence electrons. The van der Waals surface area contributed by atoms with Crippen LogP contribution in [-0.2, 0) is 9.59 Å². The second-order valence-electron chi connectivity index (χ2n) is 9.21. The van der Waals surface area contributed by atoms with E-state index in [1.54, 1.807) is 32.4 Å². The number of ether oxygens (including phenoxy) is 1. The van der Waals surface area contributed by atoms with E-state index in [4.69, 9.17) is 4.74 Å². The Bertz CT molecular complexity index is 1030. The molecular weight excluding hydrogens is 409 g/mol. The van der Waals surface area contributed by atoms with Gasteiger partial charge in [0.05, 0.1) is 18.9 Å². The zero-order chi connectivity index (χ0) is 23.5. The number of hydrazone groups is 1. The summed E-state index contributed by atoms with van der Waals surface area (Å²) in [5.41, 5.74) is 1.44. The van der Waals surface area contributed by atoms with Crippen molar-refractivity contribution < 1.29 is 18.7 Å². The van der Waals surface area contributed by atoms with Gasteiger partial charge in [0.15, 0.2) is 0 Å². The molecule has 1 aliphatic rings. The van der Waals surface area contributed by atoms with Crippen molar-refractivity contribution in [3.8, 4) is 5.75 Å². The summed E-state index contributed by atoms with van der Waals surface area (Å²) in [5, 5.41) is 5.87. The van der Waals surface area contributed by atoms with Crippen molar-refractivity contribution in [3.63, 3.8) is 0 Å². The van der Waals surface area contributed by atoms with E-state index in [1.165, 1.54) is 16.0 Å². The van der Waals surface area contributed by atoms with Crippen LogP contribution in [0.15, 0.2) is 53.6 Å². The normalized spacial score (nSPS) is 16.0. The van der Waals surface area contributed by atoms with Crippen LogP contribution < -0.4 is 4.74 Å². The highest BCUT2D eigenvalue weighted by Gasteiger charge is 2.36. The molecule has 2 aromatic carbocycles. The van der Waals surface area contributed by atoms with Crippen molar-refractivity contribution in [2.45, 2.75) is 39.7 Å². The van der Waals surface area contributed by atoms with Gasteiger partial charge in [-0.2, -0.15) is 5.10 Å². The van der Waals surface area contributed by atoms with Crippen molar-refractivity contribution in [3.05, 3.63) is 65.5 Å². The molecule has 2 amide bonds. The van der Waals surface area contributed by atoms with Crippen molar-refractivity contribution in [2.24, 2.45) is 10.5 Å². The molecule has 0 bridgehead atoms. The molecule has 0 aromatic heterocycles. The molecule has 0 saturated heterocycles. The second kappa shape index (κ2) is 9.51. The number of hydrogen-bond donors (Lipinski definition) is 0. The van der Waals surface area contributed by atoms with E-state index in [1.807, 2.05) is 45.0 Å². The second-order valence-corrected chi connectivity index (χ2v) is 9.21. The maximum absolute atomic E-state index is 14.5. The predicted octanol–water partition coefficient (Wildman–Crippen LogP) is 4.41. The fraction of sp³-hybridized carbons (Fsp3) is 0.400. The van der Waals surface area contributed by atoms with Gasteiger partial charge in [-0.3, -0.25) is 9.59 Å². The van der Waals surface area contributed by atoms with Crippen LogP contribution in [0.2, 0.25) is 0 Å². The van der Waals surface area contributed by atoms with Crippen LogP contribution in [0.4, 0.5) is 4.39 Å². The van der Waals surface area contributed by atoms with Crippen molar-refractivity contribution in [2.75, 3.05) is 20.7 Å². The summed E-state index contributed by atoms with van der Waals surface area (Å²) in [6.45, 7) is 5.81. The average molecular weight is 440 g/mol. The van der Waals surface area contributed by atoms with Gasteiger partial charge < -0.3 is 9.64 Å². The van der Waals surface area contributed by atoms with Crippen molar-refractivity contribution in [1.82, 2.24) is 9.91 Å². The van der Waals surface area contributed by atoms with E-state index < -0.39 is 11.9 Å². The van der Waals surface area contributed by atoms with Gasteiger partial charge in [-0.15, -0.1) is 0 Å². The summed E-state index contributed by atoms with van der Waals surface area (Å²) in [4.78, 5) is 27.2. The van der Waals surface area contributed by atoms with Crippen LogP contribution in [-0.4, -0.2) is 48.1 Å². The smallest absolute Gasteiger partial charge is 0.262 e. The van der Waals surface area contributed by atoms with E-state index in [9.17, 15) is 14.0 Å². The molecule has 3 rings (SSSR count). The van der Waals surface area contributed by atoms with E-state index >= 15 is 0 Å². The molecule has 0 N–H and O–H groups in total. The highest BCUT2D eigenvalue weighted by Crippen LogP contribution is 2.37. The minimum absolute atomic E-state index is 0.114. The molecule has 32 heavy (non-hydrogen) atoms. The molecule has 1 atom stereocenters. The topological polar surface area (TPSA) is 62.2 Å². The van der Waals surface area contributed by atoms with E-state index in [-0.39, 0.29) is 23.8 Å². The zero-order valence-corrected chi connectivity index (χ0v) is 19.3. The number of carbonyl (C=O) groups excluding carboxylic acids is 2. The van der Waals surface area contributed by atoms with Gasteiger partial charge in [-0.05, 0) is 17.5 Å². The van der Waals surface area contributed by atoms with E-state index in [2.05, 4.69) is 5.10 Å². The molecule has 0 unspecified atom stereocenters. The average Bonchev–Trinajstić information content (AvgIpc) is 3.18. The number of carbonyl (C=O) groups is 2. The summed E-state index contributed by atoms with van der Waals surface area (Å²) >= 11 is 0. The van der Waals surface area contributed by atoms with Crippen LogP contribution in [0.3, 0.4) is 0 Å². The first-order valence-corrected chi connectivity index (χ1v) is 10.6. The van der Waals surface area contributed by atoms with Gasteiger partial charge in [-0.25, -0.2) is 9.40 Å². The molecule has 0 saturated carbocycles. The van der Waals surface area contributed by atoms with E-state index in [0.717, 1.165) is 5.56 Å². The lowest BCUT2D eigenvalue weighted by molar-refractivity contribution is -0.141. The maximum atomic E-state index is 14.5. The third-order valence-corrected chi connectivity index (χ3v) is 5.33. The number of likely N-dealkylation sites (N-methyl/N-ethyl adjacent to an activating group) is 1. The summed E-state index contributed by atoms with van der Waals surface area (Å²) in [5.74, 6) is -0.219. The summed E-state index contributed by atoms with van der Waals surface area (Å²) < 4.78 is 20.0. The number of para-hydroxylation sites is 1. The molecule has 7 heteroatoms. The Kier molecular flexibility index (Phi) is 6.96. The molecule has 0 aliphatic carbocycles. The number of benzene rings is 2. The quantitative estimate of drug-likeness (QED) is 0.670. The van der Waals surface area contributed by atoms with Crippen LogP contribution in [0, 0.1) is 11.2 Å². The lowest BCUT2D eigenvalue weighted by Gasteiger charge is -2.27. The van der Waals surface area contributed by atoms with E-state index in [0.29, 0.717) is 29.9 Å². The third kappa shape index (κ3) is 5.33. The van der Waals surface area contributed by atoms with Crippen LogP contribution in [0.1, 0.15) is 50.8 Å². The number of nitrogens with zero attached hydrogens (tertiary/aromatic N) is 3. The van der Waals surface area contributed by atoms with Gasteiger partial charge in [-0.1, -0.05) is 57.2 Å². The largest absolute Gasteiger partial charge is 0.496 e. The highest BCUT2D eigenvalue weighted by molar-refractivity contribution is 6.03. The Morgan fingerprint density at radius 3 is 2.47 bits per heavy atom. The Labute approximate surface area is 188 Å². The fourth-order valence-electron chi connectivity index (χ4n) is 3.73. The number of hydrogen-bond acceptors (Lipinski definition) is 4. The maximum Gasteiger partial charge on any atom is 0.262 e. The molecular formula is C25H30FN3O3. The molecule has 0 radical (unpaired) electrons. The minimum atomic E-state index is -0.459. The number of methoxy groups -OCH3 is 1. The first kappa shape index (κ1) is 23.4. The third-order valence-electron chi connectivity index (χ3n) is 5.33. The van der Waals surface area contributed by atoms with Crippen molar-refractivity contribution in [1.29, 1.82) is 0 Å². The Balaban J connectivity index is 1.91. The van der Waals surface area contributed by atoms with Crippen LogP contribution in [0.5, 0.6) is 5.75 Å². The molecule has 1 aliphatic heterocycles. The van der Waals surface area contributed by atoms with Crippen LogP contribution in [0.25, 0.3) is 0 Å². The lowest BCUT2D eigenvalue weighted by atomic mass is 9.92. The first-order valence-electron chi connectivity index (χ1n) is 10.6. The minimum Gasteiger partial charge on any atom is -0.496 e.